The van der Waals surface area contributed by atoms with Crippen LogP contribution < -0.4 is 11.1 Å². The highest BCUT2D eigenvalue weighted by atomic mass is 19.4. The third-order valence-electron chi connectivity index (χ3n) is 2.01. The fraction of sp³-hybridized carbons (Fsp3) is 0.556. The van der Waals surface area contributed by atoms with Gasteiger partial charge in [0.25, 0.3) is 5.91 Å². The summed E-state index contributed by atoms with van der Waals surface area (Å²) in [5.41, 5.74) is 5.15. The molecule has 0 bridgehead atoms. The highest BCUT2D eigenvalue weighted by Crippen LogP contribution is 2.15. The predicted molar refractivity (Wildman–Crippen MR) is 53.5 cm³/mol. The van der Waals surface area contributed by atoms with E-state index in [-0.39, 0.29) is 11.6 Å². The SMILES string of the molecule is CC(O)C(N)c1nc(C(=O)NCC(F)(F)F)co1. The van der Waals surface area contributed by atoms with Gasteiger partial charge in [-0.15, -0.1) is 0 Å². The van der Waals surface area contributed by atoms with Gasteiger partial charge in [0.2, 0.25) is 5.89 Å². The summed E-state index contributed by atoms with van der Waals surface area (Å²) in [7, 11) is 0. The summed E-state index contributed by atoms with van der Waals surface area (Å²) in [6, 6.07) is -0.950. The number of oxazole rings is 1. The molecule has 102 valence electrons. The lowest BCUT2D eigenvalue weighted by Gasteiger charge is -2.09. The van der Waals surface area contributed by atoms with Crippen LogP contribution in [0, 0.1) is 0 Å². The Hall–Kier alpha value is -1.61. The van der Waals surface area contributed by atoms with E-state index >= 15 is 0 Å². The molecule has 1 aromatic rings. The lowest BCUT2D eigenvalue weighted by molar-refractivity contribution is -0.123. The number of carbonyl (C=O) groups is 1. The van der Waals surface area contributed by atoms with Crippen molar-refractivity contribution in [3.8, 4) is 0 Å². The zero-order valence-corrected chi connectivity index (χ0v) is 9.36. The van der Waals surface area contributed by atoms with Crippen LogP contribution in [-0.2, 0) is 0 Å². The number of hydrogen-bond acceptors (Lipinski definition) is 5. The molecule has 0 aromatic carbocycles. The maximum absolute atomic E-state index is 11.9. The summed E-state index contributed by atoms with van der Waals surface area (Å²) >= 11 is 0. The second kappa shape index (κ2) is 5.36. The molecule has 2 atom stereocenters. The van der Waals surface area contributed by atoms with Gasteiger partial charge in [-0.2, -0.15) is 13.2 Å². The van der Waals surface area contributed by atoms with Gasteiger partial charge in [0.15, 0.2) is 5.69 Å². The Labute approximate surface area is 100.0 Å². The molecular weight excluding hydrogens is 255 g/mol. The molecule has 4 N–H and O–H groups in total. The molecule has 0 spiro atoms. The highest BCUT2D eigenvalue weighted by Gasteiger charge is 2.29. The van der Waals surface area contributed by atoms with Crippen molar-refractivity contribution >= 4 is 5.91 Å². The van der Waals surface area contributed by atoms with E-state index in [0.29, 0.717) is 0 Å². The van der Waals surface area contributed by atoms with Crippen molar-refractivity contribution in [2.75, 3.05) is 6.54 Å². The van der Waals surface area contributed by atoms with Crippen molar-refractivity contribution in [1.82, 2.24) is 10.3 Å². The average molecular weight is 267 g/mol. The molecule has 1 rings (SSSR count). The zero-order chi connectivity index (χ0) is 13.9. The molecule has 0 saturated carbocycles. The summed E-state index contributed by atoms with van der Waals surface area (Å²) < 4.78 is 40.4. The predicted octanol–water partition coefficient (Wildman–Crippen LogP) is 0.347. The number of alkyl halides is 3. The van der Waals surface area contributed by atoms with Crippen LogP contribution in [0.15, 0.2) is 10.7 Å². The third kappa shape index (κ3) is 4.00. The minimum atomic E-state index is -4.50. The standard InChI is InChI=1S/C9H12F3N3O3/c1-4(16)6(13)8-15-5(2-18-8)7(17)14-3-9(10,11)12/h2,4,6,16H,3,13H2,1H3,(H,14,17). The van der Waals surface area contributed by atoms with Crippen LogP contribution >= 0.6 is 0 Å². The van der Waals surface area contributed by atoms with Gasteiger partial charge in [-0.3, -0.25) is 4.79 Å². The van der Waals surface area contributed by atoms with Crippen molar-refractivity contribution in [2.45, 2.75) is 25.2 Å². The van der Waals surface area contributed by atoms with Gasteiger partial charge < -0.3 is 20.6 Å². The Morgan fingerprint density at radius 2 is 2.28 bits per heavy atom. The minimum Gasteiger partial charge on any atom is -0.446 e. The summed E-state index contributed by atoms with van der Waals surface area (Å²) in [5, 5.41) is 10.8. The summed E-state index contributed by atoms with van der Waals surface area (Å²) in [5.74, 6) is -1.15. The first-order valence-electron chi connectivity index (χ1n) is 4.94. The van der Waals surface area contributed by atoms with E-state index in [0.717, 1.165) is 6.26 Å². The van der Waals surface area contributed by atoms with Crippen LogP contribution in [0.25, 0.3) is 0 Å². The molecule has 0 aliphatic rings. The van der Waals surface area contributed by atoms with Crippen LogP contribution in [0.2, 0.25) is 0 Å². The monoisotopic (exact) mass is 267 g/mol. The van der Waals surface area contributed by atoms with Gasteiger partial charge in [-0.25, -0.2) is 4.98 Å². The molecule has 0 aliphatic heterocycles. The lowest BCUT2D eigenvalue weighted by atomic mass is 10.2. The molecule has 0 aliphatic carbocycles. The Kier molecular flexibility index (Phi) is 4.30. The van der Waals surface area contributed by atoms with Crippen LogP contribution in [0.3, 0.4) is 0 Å². The number of nitrogens with two attached hydrogens (primary N) is 1. The van der Waals surface area contributed by atoms with Gasteiger partial charge >= 0.3 is 6.18 Å². The molecule has 9 heteroatoms. The summed E-state index contributed by atoms with van der Waals surface area (Å²) in [4.78, 5) is 14.9. The molecular formula is C9H12F3N3O3. The van der Waals surface area contributed by atoms with Crippen LogP contribution in [0.5, 0.6) is 0 Å². The zero-order valence-electron chi connectivity index (χ0n) is 9.36. The Balaban J connectivity index is 2.65. The van der Waals surface area contributed by atoms with Gasteiger partial charge in [0, 0.05) is 0 Å². The smallest absolute Gasteiger partial charge is 0.405 e. The number of carbonyl (C=O) groups excluding carboxylic acids is 1. The summed E-state index contributed by atoms with van der Waals surface area (Å²) in [6.45, 7) is -0.0747. The van der Waals surface area contributed by atoms with Crippen molar-refractivity contribution in [3.05, 3.63) is 17.8 Å². The number of hydrogen-bond donors (Lipinski definition) is 3. The van der Waals surface area contributed by atoms with E-state index in [4.69, 9.17) is 15.3 Å². The largest absolute Gasteiger partial charge is 0.446 e. The quantitative estimate of drug-likeness (QED) is 0.730. The molecule has 0 fully saturated rings. The van der Waals surface area contributed by atoms with E-state index < -0.39 is 30.8 Å². The fourth-order valence-electron chi connectivity index (χ4n) is 1.02. The Morgan fingerprint density at radius 3 is 2.78 bits per heavy atom. The summed E-state index contributed by atoms with van der Waals surface area (Å²) in [6.07, 6.45) is -4.59. The molecule has 2 unspecified atom stereocenters. The maximum Gasteiger partial charge on any atom is 0.405 e. The van der Waals surface area contributed by atoms with Crippen molar-refractivity contribution < 1.29 is 27.5 Å². The van der Waals surface area contributed by atoms with E-state index in [9.17, 15) is 18.0 Å². The number of rotatable bonds is 4. The van der Waals surface area contributed by atoms with Gasteiger partial charge in [0.05, 0.1) is 6.10 Å². The molecule has 6 nitrogen and oxygen atoms in total. The van der Waals surface area contributed by atoms with E-state index in [1.54, 1.807) is 5.32 Å². The lowest BCUT2D eigenvalue weighted by Crippen LogP contribution is -2.34. The van der Waals surface area contributed by atoms with E-state index in [1.807, 2.05) is 0 Å². The van der Waals surface area contributed by atoms with Crippen LogP contribution in [0.1, 0.15) is 29.3 Å². The van der Waals surface area contributed by atoms with Gasteiger partial charge in [-0.05, 0) is 6.92 Å². The van der Waals surface area contributed by atoms with Gasteiger partial charge in [-0.1, -0.05) is 0 Å². The highest BCUT2D eigenvalue weighted by molar-refractivity contribution is 5.91. The van der Waals surface area contributed by atoms with Gasteiger partial charge in [0.1, 0.15) is 18.8 Å². The number of aliphatic hydroxyl groups is 1. The minimum absolute atomic E-state index is 0.123. The normalized spacial score (nSPS) is 15.2. The molecule has 1 aromatic heterocycles. The number of nitrogens with zero attached hydrogens (tertiary/aromatic N) is 1. The van der Waals surface area contributed by atoms with Crippen molar-refractivity contribution in [3.63, 3.8) is 0 Å². The first-order valence-corrected chi connectivity index (χ1v) is 4.94. The van der Waals surface area contributed by atoms with E-state index in [2.05, 4.69) is 4.98 Å². The first kappa shape index (κ1) is 14.5. The molecule has 0 saturated heterocycles. The number of halogens is 3. The first-order chi connectivity index (χ1) is 8.20. The second-order valence-corrected chi connectivity index (χ2v) is 3.64. The second-order valence-electron chi connectivity index (χ2n) is 3.64. The number of aliphatic hydroxyl groups excluding tert-OH is 1. The van der Waals surface area contributed by atoms with E-state index in [1.165, 1.54) is 6.92 Å². The van der Waals surface area contributed by atoms with Crippen molar-refractivity contribution in [2.24, 2.45) is 5.73 Å². The molecule has 0 radical (unpaired) electrons. The van der Waals surface area contributed by atoms with Crippen LogP contribution in [0.4, 0.5) is 13.2 Å². The molecule has 18 heavy (non-hydrogen) atoms. The Morgan fingerprint density at radius 1 is 1.67 bits per heavy atom. The topological polar surface area (TPSA) is 101 Å². The number of nitrogens with one attached hydrogen (secondary N) is 1. The average Bonchev–Trinajstić information content (AvgIpc) is 2.72. The third-order valence-corrected chi connectivity index (χ3v) is 2.01. The maximum atomic E-state index is 11.9. The fourth-order valence-corrected chi connectivity index (χ4v) is 1.02. The number of aromatic nitrogens is 1. The molecule has 1 heterocycles. The Bertz CT molecular complexity index is 417. The molecule has 1 amide bonds. The van der Waals surface area contributed by atoms with Crippen LogP contribution in [-0.4, -0.2) is 34.8 Å². The van der Waals surface area contributed by atoms with Crippen molar-refractivity contribution in [1.29, 1.82) is 0 Å². The number of amides is 1.